The number of amides is 1. The molecule has 0 aliphatic heterocycles. The normalized spacial score (nSPS) is 11.2. The Morgan fingerprint density at radius 2 is 2.35 bits per heavy atom. The van der Waals surface area contributed by atoms with Crippen LogP contribution < -0.4 is 11.1 Å². The minimum Gasteiger partial charge on any atom is -0.409 e. The molecule has 0 atom stereocenters. The van der Waals surface area contributed by atoms with Crippen molar-refractivity contribution in [3.8, 4) is 0 Å². The maximum absolute atomic E-state index is 11.2. The summed E-state index contributed by atoms with van der Waals surface area (Å²) in [5.41, 5.74) is 6.92. The molecule has 0 saturated carbocycles. The number of carbonyl (C=O) groups excluding carboxylic acids is 1. The van der Waals surface area contributed by atoms with Gasteiger partial charge >= 0.3 is 0 Å². The highest BCUT2D eigenvalue weighted by atomic mass is 16.5. The van der Waals surface area contributed by atoms with Crippen molar-refractivity contribution in [2.45, 2.75) is 6.54 Å². The summed E-state index contributed by atoms with van der Waals surface area (Å²) >= 11 is 0. The molecule has 0 aliphatic carbocycles. The van der Waals surface area contributed by atoms with Gasteiger partial charge in [-0.2, -0.15) is 0 Å². The zero-order valence-corrected chi connectivity index (χ0v) is 9.51. The number of rotatable bonds is 5. The summed E-state index contributed by atoms with van der Waals surface area (Å²) in [6, 6.07) is 7.06. The average molecular weight is 237 g/mol. The monoisotopic (exact) mass is 237 g/mol. The van der Waals surface area contributed by atoms with E-state index in [1.165, 1.54) is 7.11 Å². The first-order valence-corrected chi connectivity index (χ1v) is 5.00. The third-order valence-corrected chi connectivity index (χ3v) is 2.10. The number of nitrogens with zero attached hydrogens (tertiary/aromatic N) is 1. The molecule has 1 aromatic rings. The molecule has 17 heavy (non-hydrogen) atoms. The van der Waals surface area contributed by atoms with Crippen molar-refractivity contribution in [2.75, 3.05) is 13.7 Å². The molecule has 4 N–H and O–H groups in total. The van der Waals surface area contributed by atoms with Crippen molar-refractivity contribution in [3.63, 3.8) is 0 Å². The van der Waals surface area contributed by atoms with E-state index >= 15 is 0 Å². The van der Waals surface area contributed by atoms with E-state index in [2.05, 4.69) is 15.2 Å². The predicted octanol–water partition coefficient (Wildman–Crippen LogP) is 0.0437. The van der Waals surface area contributed by atoms with Crippen molar-refractivity contribution in [1.29, 1.82) is 0 Å². The minimum atomic E-state index is -0.193. The first kappa shape index (κ1) is 13.0. The van der Waals surface area contributed by atoms with Crippen LogP contribution >= 0.6 is 0 Å². The van der Waals surface area contributed by atoms with Gasteiger partial charge in [-0.05, 0) is 11.6 Å². The Bertz CT molecular complexity index is 418. The molecule has 0 unspecified atom stereocenters. The number of hydrogen-bond donors (Lipinski definition) is 3. The average Bonchev–Trinajstić information content (AvgIpc) is 2.36. The van der Waals surface area contributed by atoms with Crippen LogP contribution in [0.5, 0.6) is 0 Å². The molecule has 0 aromatic heterocycles. The van der Waals surface area contributed by atoms with E-state index in [0.717, 1.165) is 5.56 Å². The van der Waals surface area contributed by atoms with Crippen LogP contribution in [0.2, 0.25) is 0 Å². The second-order valence-electron chi connectivity index (χ2n) is 3.40. The van der Waals surface area contributed by atoms with Crippen LogP contribution in [0, 0.1) is 0 Å². The van der Waals surface area contributed by atoms with E-state index in [4.69, 9.17) is 10.9 Å². The molecule has 1 aromatic carbocycles. The molecule has 0 spiro atoms. The van der Waals surface area contributed by atoms with Gasteiger partial charge in [0.1, 0.15) is 6.61 Å². The molecule has 0 heterocycles. The standard InChI is InChI=1S/C11H15N3O3/c1-17-7-10(15)13-6-8-3-2-4-9(5-8)11(12)14-16/h2-5,16H,6-7H2,1H3,(H2,12,14)(H,13,15). The van der Waals surface area contributed by atoms with Crippen LogP contribution in [-0.2, 0) is 16.1 Å². The van der Waals surface area contributed by atoms with Crippen LogP contribution in [0.4, 0.5) is 0 Å². The number of ether oxygens (including phenoxy) is 1. The van der Waals surface area contributed by atoms with Gasteiger partial charge in [0, 0.05) is 19.2 Å². The van der Waals surface area contributed by atoms with E-state index in [0.29, 0.717) is 12.1 Å². The fourth-order valence-electron chi connectivity index (χ4n) is 1.28. The van der Waals surface area contributed by atoms with Gasteiger partial charge in [-0.3, -0.25) is 4.79 Å². The SMILES string of the molecule is COCC(=O)NCc1cccc(C(N)=NO)c1. The highest BCUT2D eigenvalue weighted by Gasteiger charge is 2.02. The van der Waals surface area contributed by atoms with Gasteiger partial charge in [0.25, 0.3) is 0 Å². The van der Waals surface area contributed by atoms with Crippen molar-refractivity contribution >= 4 is 11.7 Å². The van der Waals surface area contributed by atoms with Crippen LogP contribution in [0.1, 0.15) is 11.1 Å². The Kier molecular flexibility index (Phi) is 4.96. The smallest absolute Gasteiger partial charge is 0.246 e. The van der Waals surface area contributed by atoms with Crippen LogP contribution in [0.3, 0.4) is 0 Å². The Morgan fingerprint density at radius 1 is 1.59 bits per heavy atom. The van der Waals surface area contributed by atoms with Gasteiger partial charge in [-0.25, -0.2) is 0 Å². The van der Waals surface area contributed by atoms with Crippen LogP contribution in [-0.4, -0.2) is 30.7 Å². The number of benzene rings is 1. The highest BCUT2D eigenvalue weighted by Crippen LogP contribution is 2.04. The Labute approximate surface area is 99.1 Å². The molecule has 1 rings (SSSR count). The van der Waals surface area contributed by atoms with E-state index in [1.807, 2.05) is 6.07 Å². The molecule has 0 bridgehead atoms. The van der Waals surface area contributed by atoms with Crippen molar-refractivity contribution in [2.24, 2.45) is 10.9 Å². The highest BCUT2D eigenvalue weighted by molar-refractivity contribution is 5.97. The second-order valence-corrected chi connectivity index (χ2v) is 3.40. The summed E-state index contributed by atoms with van der Waals surface area (Å²) in [5.74, 6) is -0.156. The van der Waals surface area contributed by atoms with E-state index in [1.54, 1.807) is 18.2 Å². The summed E-state index contributed by atoms with van der Waals surface area (Å²) in [6.07, 6.45) is 0. The molecular formula is C11H15N3O3. The maximum Gasteiger partial charge on any atom is 0.246 e. The van der Waals surface area contributed by atoms with Gasteiger partial charge in [0.2, 0.25) is 5.91 Å². The number of methoxy groups -OCH3 is 1. The number of oxime groups is 1. The van der Waals surface area contributed by atoms with Gasteiger partial charge in [-0.15, -0.1) is 0 Å². The summed E-state index contributed by atoms with van der Waals surface area (Å²) in [4.78, 5) is 11.2. The number of carbonyl (C=O) groups is 1. The van der Waals surface area contributed by atoms with Crippen LogP contribution in [0.15, 0.2) is 29.4 Å². The molecule has 6 heteroatoms. The number of nitrogens with two attached hydrogens (primary N) is 1. The largest absolute Gasteiger partial charge is 0.409 e. The zero-order valence-electron chi connectivity index (χ0n) is 9.51. The Morgan fingerprint density at radius 3 is 3.00 bits per heavy atom. The lowest BCUT2D eigenvalue weighted by atomic mass is 10.1. The zero-order chi connectivity index (χ0) is 12.7. The minimum absolute atomic E-state index is 0.0277. The molecule has 0 fully saturated rings. The second kappa shape index (κ2) is 6.49. The van der Waals surface area contributed by atoms with E-state index in [-0.39, 0.29) is 18.3 Å². The molecule has 92 valence electrons. The van der Waals surface area contributed by atoms with Crippen molar-refractivity contribution < 1.29 is 14.7 Å². The summed E-state index contributed by atoms with van der Waals surface area (Å²) < 4.78 is 4.69. The Hall–Kier alpha value is -2.08. The summed E-state index contributed by atoms with van der Waals surface area (Å²) in [7, 11) is 1.46. The number of hydrogen-bond acceptors (Lipinski definition) is 4. The van der Waals surface area contributed by atoms with Gasteiger partial charge in [-0.1, -0.05) is 23.4 Å². The first-order valence-electron chi connectivity index (χ1n) is 5.00. The van der Waals surface area contributed by atoms with E-state index < -0.39 is 0 Å². The van der Waals surface area contributed by atoms with Crippen molar-refractivity contribution in [1.82, 2.24) is 5.32 Å². The quantitative estimate of drug-likeness (QED) is 0.291. The lowest BCUT2D eigenvalue weighted by Crippen LogP contribution is -2.26. The van der Waals surface area contributed by atoms with Gasteiger partial charge < -0.3 is 21.0 Å². The molecule has 0 radical (unpaired) electrons. The lowest BCUT2D eigenvalue weighted by molar-refractivity contribution is -0.124. The molecule has 1 amide bonds. The van der Waals surface area contributed by atoms with Crippen molar-refractivity contribution in [3.05, 3.63) is 35.4 Å². The fraction of sp³-hybridized carbons (Fsp3) is 0.273. The summed E-state index contributed by atoms with van der Waals surface area (Å²) in [6.45, 7) is 0.397. The number of nitrogens with one attached hydrogen (secondary N) is 1. The summed E-state index contributed by atoms with van der Waals surface area (Å²) in [5, 5.41) is 14.1. The van der Waals surface area contributed by atoms with Gasteiger partial charge in [0.15, 0.2) is 5.84 Å². The van der Waals surface area contributed by atoms with Crippen LogP contribution in [0.25, 0.3) is 0 Å². The third kappa shape index (κ3) is 4.12. The lowest BCUT2D eigenvalue weighted by Gasteiger charge is -2.06. The third-order valence-electron chi connectivity index (χ3n) is 2.10. The number of amidine groups is 1. The first-order chi connectivity index (χ1) is 8.17. The maximum atomic E-state index is 11.2. The topological polar surface area (TPSA) is 96.9 Å². The van der Waals surface area contributed by atoms with Gasteiger partial charge in [0.05, 0.1) is 0 Å². The molecular weight excluding hydrogens is 222 g/mol. The molecule has 6 nitrogen and oxygen atoms in total. The predicted molar refractivity (Wildman–Crippen MR) is 62.7 cm³/mol. The van der Waals surface area contributed by atoms with E-state index in [9.17, 15) is 4.79 Å². The fourth-order valence-corrected chi connectivity index (χ4v) is 1.28. The Balaban J connectivity index is 2.63. The molecule has 0 aliphatic rings. The molecule has 0 saturated heterocycles.